The van der Waals surface area contributed by atoms with Crippen molar-refractivity contribution in [3.05, 3.63) is 35.8 Å². The molecule has 0 N–H and O–H groups in total. The van der Waals surface area contributed by atoms with E-state index in [1.54, 1.807) is 12.4 Å². The number of pyridine rings is 1. The lowest BCUT2D eigenvalue weighted by atomic mass is 9.95. The summed E-state index contributed by atoms with van der Waals surface area (Å²) in [6, 6.07) is 3.84. The van der Waals surface area contributed by atoms with Crippen LogP contribution in [-0.2, 0) is 17.8 Å². The number of hydrogen-bond donors (Lipinski definition) is 0. The van der Waals surface area contributed by atoms with Gasteiger partial charge in [0, 0.05) is 50.7 Å². The van der Waals surface area contributed by atoms with Crippen LogP contribution in [0.2, 0.25) is 0 Å². The molecule has 148 valence electrons. The van der Waals surface area contributed by atoms with Crippen molar-refractivity contribution in [2.45, 2.75) is 25.8 Å². The number of hydrogen-bond acceptors (Lipinski definition) is 6. The molecule has 1 amide bonds. The Morgan fingerprint density at radius 2 is 1.96 bits per heavy atom. The van der Waals surface area contributed by atoms with Gasteiger partial charge >= 0.3 is 0 Å². The quantitative estimate of drug-likeness (QED) is 0.809. The lowest BCUT2D eigenvalue weighted by Crippen LogP contribution is -2.45. The van der Waals surface area contributed by atoms with Gasteiger partial charge in [-0.2, -0.15) is 0 Å². The Labute approximate surface area is 166 Å². The molecular weight excluding hydrogens is 352 g/mol. The second kappa shape index (κ2) is 7.83. The third-order valence-corrected chi connectivity index (χ3v) is 5.69. The van der Waals surface area contributed by atoms with Gasteiger partial charge in [-0.05, 0) is 45.0 Å². The smallest absolute Gasteiger partial charge is 0.227 e. The van der Waals surface area contributed by atoms with Crippen molar-refractivity contribution in [2.75, 3.05) is 45.7 Å². The average Bonchev–Trinajstić information content (AvgIpc) is 2.72. The first-order valence-electron chi connectivity index (χ1n) is 9.98. The number of aromatic nitrogens is 3. The molecule has 0 unspecified atom stereocenters. The number of anilines is 1. The van der Waals surface area contributed by atoms with Gasteiger partial charge in [-0.3, -0.25) is 9.78 Å². The molecule has 0 aromatic carbocycles. The van der Waals surface area contributed by atoms with Crippen molar-refractivity contribution < 1.29 is 4.79 Å². The maximum atomic E-state index is 13.1. The highest BCUT2D eigenvalue weighted by Gasteiger charge is 2.32. The molecule has 7 heteroatoms. The molecule has 4 rings (SSSR count). The first-order valence-corrected chi connectivity index (χ1v) is 9.98. The van der Waals surface area contributed by atoms with Crippen LogP contribution in [-0.4, -0.2) is 71.4 Å². The van der Waals surface area contributed by atoms with E-state index in [0.717, 1.165) is 61.5 Å². The fraction of sp³-hybridized carbons (Fsp3) is 0.524. The number of carbonyl (C=O) groups is 1. The Morgan fingerprint density at radius 1 is 1.18 bits per heavy atom. The number of carbonyl (C=O) groups excluding carboxylic acids is 1. The first kappa shape index (κ1) is 18.8. The number of fused-ring (bicyclic) bond motifs is 1. The van der Waals surface area contributed by atoms with Gasteiger partial charge < -0.3 is 14.7 Å². The van der Waals surface area contributed by atoms with Crippen LogP contribution in [0.4, 0.5) is 5.82 Å². The maximum Gasteiger partial charge on any atom is 0.227 e. The van der Waals surface area contributed by atoms with E-state index in [9.17, 15) is 4.79 Å². The summed E-state index contributed by atoms with van der Waals surface area (Å²) in [6.07, 6.45) is 6.39. The Bertz CT molecular complexity index is 853. The van der Waals surface area contributed by atoms with Crippen molar-refractivity contribution in [3.63, 3.8) is 0 Å². The molecule has 2 aromatic heterocycles. The topological polar surface area (TPSA) is 65.5 Å². The minimum Gasteiger partial charge on any atom is -0.362 e. The second-order valence-electron chi connectivity index (χ2n) is 8.04. The van der Waals surface area contributed by atoms with Gasteiger partial charge in [0.05, 0.1) is 18.2 Å². The van der Waals surface area contributed by atoms with E-state index in [2.05, 4.69) is 16.9 Å². The molecule has 0 aliphatic carbocycles. The van der Waals surface area contributed by atoms with Gasteiger partial charge in [-0.1, -0.05) is 0 Å². The summed E-state index contributed by atoms with van der Waals surface area (Å²) in [5.41, 5.74) is 3.07. The summed E-state index contributed by atoms with van der Waals surface area (Å²) in [5, 5.41) is 0. The van der Waals surface area contributed by atoms with Gasteiger partial charge in [0.25, 0.3) is 0 Å². The van der Waals surface area contributed by atoms with Crippen molar-refractivity contribution in [1.29, 1.82) is 0 Å². The molecule has 2 aliphatic rings. The summed E-state index contributed by atoms with van der Waals surface area (Å²) in [4.78, 5) is 33.2. The zero-order chi connectivity index (χ0) is 19.7. The molecule has 4 heterocycles. The van der Waals surface area contributed by atoms with E-state index >= 15 is 0 Å². The fourth-order valence-electron chi connectivity index (χ4n) is 4.22. The molecule has 0 radical (unpaired) electrons. The molecule has 2 aromatic rings. The van der Waals surface area contributed by atoms with Crippen LogP contribution in [0.25, 0.3) is 11.4 Å². The lowest BCUT2D eigenvalue weighted by Gasteiger charge is -2.35. The van der Waals surface area contributed by atoms with E-state index < -0.39 is 0 Å². The third kappa shape index (κ3) is 3.71. The first-order chi connectivity index (χ1) is 13.5. The fourth-order valence-corrected chi connectivity index (χ4v) is 4.22. The number of rotatable bonds is 3. The van der Waals surface area contributed by atoms with Gasteiger partial charge in [0.2, 0.25) is 5.91 Å². The standard InChI is InChI=1S/C21H28N6O/c1-25(2)20-17-8-12-27(21(28)16-5-4-11-26(3)13-16)14-18(17)23-19(24-20)15-6-9-22-10-7-15/h6-7,9-10,16H,4-5,8,11-14H2,1-3H3/t16-/m1/s1. The molecule has 0 saturated carbocycles. The van der Waals surface area contributed by atoms with Crippen LogP contribution in [0.5, 0.6) is 0 Å². The summed E-state index contributed by atoms with van der Waals surface area (Å²) < 4.78 is 0. The SMILES string of the molecule is CN1CCC[C@@H](C(=O)N2CCc3c(nc(-c4ccncc4)nc3N(C)C)C2)C1. The van der Waals surface area contributed by atoms with Crippen molar-refractivity contribution in [2.24, 2.45) is 5.92 Å². The van der Waals surface area contributed by atoms with Gasteiger partial charge in [0.1, 0.15) is 5.82 Å². The number of nitrogens with zero attached hydrogens (tertiary/aromatic N) is 6. The Balaban J connectivity index is 1.63. The summed E-state index contributed by atoms with van der Waals surface area (Å²) in [7, 11) is 6.12. The highest BCUT2D eigenvalue weighted by molar-refractivity contribution is 5.79. The van der Waals surface area contributed by atoms with Crippen LogP contribution < -0.4 is 4.90 Å². The van der Waals surface area contributed by atoms with Gasteiger partial charge in [-0.15, -0.1) is 0 Å². The third-order valence-electron chi connectivity index (χ3n) is 5.69. The molecule has 28 heavy (non-hydrogen) atoms. The molecule has 1 fully saturated rings. The predicted molar refractivity (Wildman–Crippen MR) is 109 cm³/mol. The van der Waals surface area contributed by atoms with Crippen molar-refractivity contribution in [1.82, 2.24) is 24.8 Å². The summed E-state index contributed by atoms with van der Waals surface area (Å²) in [5.74, 6) is 2.01. The zero-order valence-corrected chi connectivity index (χ0v) is 16.9. The Kier molecular flexibility index (Phi) is 5.26. The van der Waals surface area contributed by atoms with Gasteiger partial charge in [-0.25, -0.2) is 9.97 Å². The number of likely N-dealkylation sites (tertiary alicyclic amines) is 1. The molecule has 7 nitrogen and oxygen atoms in total. The van der Waals surface area contributed by atoms with E-state index in [0.29, 0.717) is 12.4 Å². The Morgan fingerprint density at radius 3 is 2.68 bits per heavy atom. The molecule has 0 spiro atoms. The van der Waals surface area contributed by atoms with E-state index in [4.69, 9.17) is 9.97 Å². The maximum absolute atomic E-state index is 13.1. The van der Waals surface area contributed by atoms with Crippen LogP contribution in [0.3, 0.4) is 0 Å². The Hall–Kier alpha value is -2.54. The molecule has 1 atom stereocenters. The summed E-state index contributed by atoms with van der Waals surface area (Å²) in [6.45, 7) is 3.25. The number of piperidine rings is 1. The van der Waals surface area contributed by atoms with Crippen LogP contribution >= 0.6 is 0 Å². The largest absolute Gasteiger partial charge is 0.362 e. The average molecular weight is 380 g/mol. The molecule has 1 saturated heterocycles. The van der Waals surface area contributed by atoms with Crippen LogP contribution in [0.15, 0.2) is 24.5 Å². The van der Waals surface area contributed by atoms with Crippen LogP contribution in [0.1, 0.15) is 24.1 Å². The van der Waals surface area contributed by atoms with E-state index in [-0.39, 0.29) is 11.8 Å². The minimum atomic E-state index is 0.107. The predicted octanol–water partition coefficient (Wildman–Crippen LogP) is 1.83. The highest BCUT2D eigenvalue weighted by atomic mass is 16.2. The van der Waals surface area contributed by atoms with Gasteiger partial charge in [0.15, 0.2) is 5.82 Å². The molecule has 0 bridgehead atoms. The number of amides is 1. The highest BCUT2D eigenvalue weighted by Crippen LogP contribution is 2.29. The van der Waals surface area contributed by atoms with E-state index in [1.807, 2.05) is 36.0 Å². The zero-order valence-electron chi connectivity index (χ0n) is 16.9. The van der Waals surface area contributed by atoms with E-state index in [1.165, 1.54) is 0 Å². The monoisotopic (exact) mass is 380 g/mol. The lowest BCUT2D eigenvalue weighted by molar-refractivity contribution is -0.138. The van der Waals surface area contributed by atoms with Crippen molar-refractivity contribution >= 4 is 11.7 Å². The molecular formula is C21H28N6O. The minimum absolute atomic E-state index is 0.107. The van der Waals surface area contributed by atoms with Crippen molar-refractivity contribution in [3.8, 4) is 11.4 Å². The second-order valence-corrected chi connectivity index (χ2v) is 8.04. The normalized spacial score (nSPS) is 20.0. The summed E-state index contributed by atoms with van der Waals surface area (Å²) >= 11 is 0. The van der Waals surface area contributed by atoms with Crippen LogP contribution in [0, 0.1) is 5.92 Å². The molecule has 2 aliphatic heterocycles.